The average Bonchev–Trinajstić information content (AvgIpc) is 2.31. The molecule has 0 fully saturated rings. The molecular weight excluding hydrogens is 262 g/mol. The van der Waals surface area contributed by atoms with Crippen molar-refractivity contribution < 1.29 is 15.0 Å². The topological polar surface area (TPSA) is 120 Å². The fourth-order valence-corrected chi connectivity index (χ4v) is 1.56. The highest BCUT2D eigenvalue weighted by Gasteiger charge is 2.06. The van der Waals surface area contributed by atoms with E-state index in [1.165, 1.54) is 6.92 Å². The monoisotopic (exact) mass is 275 g/mol. The highest BCUT2D eigenvalue weighted by atomic mass is 16.3. The SMILES string of the molecule is CC(=O)Nc1cc(Nc2nc(O)nc(O)n2)ccc1C. The minimum atomic E-state index is -0.589. The molecule has 0 saturated carbocycles. The molecule has 1 aromatic carbocycles. The van der Waals surface area contributed by atoms with E-state index >= 15 is 0 Å². The predicted molar refractivity (Wildman–Crippen MR) is 71.9 cm³/mol. The summed E-state index contributed by atoms with van der Waals surface area (Å²) in [4.78, 5) is 21.6. The number of nitrogens with zero attached hydrogens (tertiary/aromatic N) is 3. The molecule has 0 spiro atoms. The second-order valence-electron chi connectivity index (χ2n) is 4.09. The maximum Gasteiger partial charge on any atom is 0.321 e. The van der Waals surface area contributed by atoms with Gasteiger partial charge in [-0.3, -0.25) is 4.79 Å². The summed E-state index contributed by atoms with van der Waals surface area (Å²) in [6.45, 7) is 3.28. The van der Waals surface area contributed by atoms with Gasteiger partial charge in [0.2, 0.25) is 11.9 Å². The first kappa shape index (κ1) is 13.5. The van der Waals surface area contributed by atoms with Gasteiger partial charge in [-0.1, -0.05) is 6.07 Å². The van der Waals surface area contributed by atoms with Crippen LogP contribution in [-0.2, 0) is 4.79 Å². The Bertz CT molecular complexity index is 639. The zero-order valence-corrected chi connectivity index (χ0v) is 10.9. The van der Waals surface area contributed by atoms with E-state index < -0.39 is 12.0 Å². The van der Waals surface area contributed by atoms with Crippen LogP contribution in [-0.4, -0.2) is 31.1 Å². The minimum Gasteiger partial charge on any atom is -0.479 e. The normalized spacial score (nSPS) is 10.1. The van der Waals surface area contributed by atoms with E-state index in [1.807, 2.05) is 6.92 Å². The standard InChI is InChI=1S/C12H13N5O3/c1-6-3-4-8(5-9(6)13-7(2)18)14-10-15-11(19)17-12(20)16-10/h3-5H,1-2H3,(H,13,18)(H3,14,15,16,17,19,20). The van der Waals surface area contributed by atoms with Gasteiger partial charge in [-0.25, -0.2) is 0 Å². The molecule has 1 heterocycles. The molecule has 20 heavy (non-hydrogen) atoms. The molecule has 104 valence electrons. The van der Waals surface area contributed by atoms with Gasteiger partial charge in [0.1, 0.15) is 0 Å². The maximum absolute atomic E-state index is 11.1. The van der Waals surface area contributed by atoms with Gasteiger partial charge in [0.25, 0.3) is 0 Å². The number of aryl methyl sites for hydroxylation is 1. The second-order valence-corrected chi connectivity index (χ2v) is 4.09. The smallest absolute Gasteiger partial charge is 0.321 e. The first-order valence-corrected chi connectivity index (χ1v) is 5.73. The van der Waals surface area contributed by atoms with Crippen molar-refractivity contribution in [3.8, 4) is 12.0 Å². The molecule has 0 aliphatic carbocycles. The van der Waals surface area contributed by atoms with Crippen molar-refractivity contribution in [3.05, 3.63) is 23.8 Å². The fourth-order valence-electron chi connectivity index (χ4n) is 1.56. The van der Waals surface area contributed by atoms with Crippen molar-refractivity contribution in [2.75, 3.05) is 10.6 Å². The van der Waals surface area contributed by atoms with Crippen LogP contribution in [0.5, 0.6) is 12.0 Å². The van der Waals surface area contributed by atoms with Crippen molar-refractivity contribution in [1.29, 1.82) is 0 Å². The molecule has 0 bridgehead atoms. The van der Waals surface area contributed by atoms with Crippen LogP contribution >= 0.6 is 0 Å². The zero-order chi connectivity index (χ0) is 14.7. The summed E-state index contributed by atoms with van der Waals surface area (Å²) in [5.74, 6) is -0.187. The number of aromatic hydroxyl groups is 2. The summed E-state index contributed by atoms with van der Waals surface area (Å²) in [7, 11) is 0. The van der Waals surface area contributed by atoms with Gasteiger partial charge >= 0.3 is 12.0 Å². The molecule has 1 aromatic heterocycles. The summed E-state index contributed by atoms with van der Waals surface area (Å²) >= 11 is 0. The fraction of sp³-hybridized carbons (Fsp3) is 0.167. The Labute approximate surface area is 114 Å². The van der Waals surface area contributed by atoms with Gasteiger partial charge in [0.05, 0.1) is 0 Å². The molecule has 0 aliphatic rings. The third-order valence-electron chi connectivity index (χ3n) is 2.42. The number of carbonyl (C=O) groups excluding carboxylic acids is 1. The third kappa shape index (κ3) is 3.31. The van der Waals surface area contributed by atoms with Crippen molar-refractivity contribution in [1.82, 2.24) is 15.0 Å². The van der Waals surface area contributed by atoms with Crippen LogP contribution in [0.1, 0.15) is 12.5 Å². The van der Waals surface area contributed by atoms with E-state index in [-0.39, 0.29) is 11.9 Å². The molecule has 0 radical (unpaired) electrons. The lowest BCUT2D eigenvalue weighted by atomic mass is 10.2. The van der Waals surface area contributed by atoms with E-state index in [0.717, 1.165) is 5.56 Å². The molecule has 2 rings (SSSR count). The largest absolute Gasteiger partial charge is 0.479 e. The predicted octanol–water partition coefficient (Wildman–Crippen LogP) is 1.29. The highest BCUT2D eigenvalue weighted by Crippen LogP contribution is 2.23. The Morgan fingerprint density at radius 2 is 1.80 bits per heavy atom. The van der Waals surface area contributed by atoms with Gasteiger partial charge in [-0.2, -0.15) is 9.97 Å². The molecule has 0 aliphatic heterocycles. The third-order valence-corrected chi connectivity index (χ3v) is 2.42. The minimum absolute atomic E-state index is 0.00683. The number of carbonyl (C=O) groups is 1. The lowest BCUT2D eigenvalue weighted by molar-refractivity contribution is -0.114. The number of hydrogen-bond donors (Lipinski definition) is 4. The number of aromatic nitrogens is 3. The number of rotatable bonds is 3. The molecule has 4 N–H and O–H groups in total. The Kier molecular flexibility index (Phi) is 3.65. The van der Waals surface area contributed by atoms with Gasteiger partial charge in [0, 0.05) is 18.3 Å². The summed E-state index contributed by atoms with van der Waals surface area (Å²) in [6.07, 6.45) is 0. The van der Waals surface area contributed by atoms with E-state index in [4.69, 9.17) is 0 Å². The average molecular weight is 275 g/mol. The first-order chi connectivity index (χ1) is 9.44. The quantitative estimate of drug-likeness (QED) is 0.666. The Hall–Kier alpha value is -2.90. The number of nitrogens with one attached hydrogen (secondary N) is 2. The maximum atomic E-state index is 11.1. The van der Waals surface area contributed by atoms with Gasteiger partial charge in [-0.05, 0) is 24.6 Å². The molecule has 8 heteroatoms. The zero-order valence-electron chi connectivity index (χ0n) is 10.9. The molecule has 2 aromatic rings. The summed E-state index contributed by atoms with van der Waals surface area (Å²) in [5.41, 5.74) is 2.13. The molecule has 0 atom stereocenters. The highest BCUT2D eigenvalue weighted by molar-refractivity contribution is 5.90. The molecular formula is C12H13N5O3. The van der Waals surface area contributed by atoms with Crippen LogP contribution in [0, 0.1) is 6.92 Å². The molecule has 1 amide bonds. The lowest BCUT2D eigenvalue weighted by Crippen LogP contribution is -2.07. The summed E-state index contributed by atoms with van der Waals surface area (Å²) in [6, 6.07) is 4.06. The first-order valence-electron chi connectivity index (χ1n) is 5.73. The van der Waals surface area contributed by atoms with Gasteiger partial charge < -0.3 is 20.8 Å². The van der Waals surface area contributed by atoms with Gasteiger partial charge in [0.15, 0.2) is 0 Å². The van der Waals surface area contributed by atoms with Crippen LogP contribution in [0.15, 0.2) is 18.2 Å². The number of hydrogen-bond acceptors (Lipinski definition) is 7. The van der Waals surface area contributed by atoms with Crippen LogP contribution in [0.4, 0.5) is 17.3 Å². The van der Waals surface area contributed by atoms with Crippen LogP contribution in [0.25, 0.3) is 0 Å². The number of anilines is 3. The second kappa shape index (κ2) is 5.39. The van der Waals surface area contributed by atoms with Crippen molar-refractivity contribution in [2.24, 2.45) is 0 Å². The Morgan fingerprint density at radius 3 is 2.40 bits per heavy atom. The number of benzene rings is 1. The van der Waals surface area contributed by atoms with E-state index in [0.29, 0.717) is 11.4 Å². The summed E-state index contributed by atoms with van der Waals surface area (Å²) in [5, 5.41) is 23.8. The Morgan fingerprint density at radius 1 is 1.15 bits per heavy atom. The number of amides is 1. The van der Waals surface area contributed by atoms with E-state index in [2.05, 4.69) is 25.6 Å². The van der Waals surface area contributed by atoms with Crippen molar-refractivity contribution in [3.63, 3.8) is 0 Å². The van der Waals surface area contributed by atoms with Gasteiger partial charge in [-0.15, -0.1) is 4.98 Å². The van der Waals surface area contributed by atoms with Crippen LogP contribution in [0.3, 0.4) is 0 Å². The van der Waals surface area contributed by atoms with Crippen LogP contribution in [0.2, 0.25) is 0 Å². The molecule has 0 unspecified atom stereocenters. The van der Waals surface area contributed by atoms with E-state index in [9.17, 15) is 15.0 Å². The van der Waals surface area contributed by atoms with Crippen molar-refractivity contribution in [2.45, 2.75) is 13.8 Å². The van der Waals surface area contributed by atoms with Crippen LogP contribution < -0.4 is 10.6 Å². The lowest BCUT2D eigenvalue weighted by Gasteiger charge is -2.10. The molecule has 0 saturated heterocycles. The molecule has 8 nitrogen and oxygen atoms in total. The Balaban J connectivity index is 2.27. The summed E-state index contributed by atoms with van der Waals surface area (Å²) < 4.78 is 0. The van der Waals surface area contributed by atoms with E-state index in [1.54, 1.807) is 18.2 Å². The van der Waals surface area contributed by atoms with Crippen molar-refractivity contribution >= 4 is 23.2 Å².